The molecule has 0 radical (unpaired) electrons. The quantitative estimate of drug-likeness (QED) is 0.586. The number of hydrogen-bond donors (Lipinski definition) is 1. The standard InChI is InChI=1S/C22H18N4O2/c27-21(23-14-16-6-2-1-3-7-16)18-12-10-17(11-13-18)15-26-22(28)19-8-4-5-9-20(19)24-25-26/h1-13H,14-15H2,(H,23,27). The second-order valence-electron chi connectivity index (χ2n) is 6.43. The number of aromatic nitrogens is 3. The first-order valence-corrected chi connectivity index (χ1v) is 8.94. The Hall–Kier alpha value is -3.80. The van der Waals surface area contributed by atoms with E-state index in [9.17, 15) is 9.59 Å². The number of nitrogens with zero attached hydrogens (tertiary/aromatic N) is 3. The summed E-state index contributed by atoms with van der Waals surface area (Å²) < 4.78 is 1.33. The maximum Gasteiger partial charge on any atom is 0.277 e. The molecule has 0 saturated carbocycles. The molecule has 3 aromatic carbocycles. The Morgan fingerprint density at radius 2 is 1.57 bits per heavy atom. The molecule has 1 heterocycles. The van der Waals surface area contributed by atoms with E-state index in [1.165, 1.54) is 4.68 Å². The topological polar surface area (TPSA) is 76.9 Å². The minimum absolute atomic E-state index is 0.141. The maximum absolute atomic E-state index is 12.5. The Bertz CT molecular complexity index is 1170. The van der Waals surface area contributed by atoms with Gasteiger partial charge in [0, 0.05) is 12.1 Å². The number of nitrogens with one attached hydrogen (secondary N) is 1. The molecule has 0 aliphatic carbocycles. The molecule has 1 aromatic heterocycles. The van der Waals surface area contributed by atoms with Crippen LogP contribution in [0.4, 0.5) is 0 Å². The minimum Gasteiger partial charge on any atom is -0.348 e. The van der Waals surface area contributed by atoms with Crippen LogP contribution in [0.5, 0.6) is 0 Å². The van der Waals surface area contributed by atoms with Crippen LogP contribution in [0, 0.1) is 0 Å². The number of hydrogen-bond acceptors (Lipinski definition) is 4. The van der Waals surface area contributed by atoms with E-state index in [2.05, 4.69) is 15.6 Å². The normalized spacial score (nSPS) is 10.7. The zero-order valence-corrected chi connectivity index (χ0v) is 15.1. The third-order valence-corrected chi connectivity index (χ3v) is 4.47. The first kappa shape index (κ1) is 17.6. The molecule has 0 fully saturated rings. The average molecular weight is 370 g/mol. The van der Waals surface area contributed by atoms with Crippen molar-refractivity contribution in [2.24, 2.45) is 0 Å². The van der Waals surface area contributed by atoms with Crippen LogP contribution in [0.1, 0.15) is 21.5 Å². The number of benzene rings is 3. The van der Waals surface area contributed by atoms with Crippen LogP contribution >= 0.6 is 0 Å². The van der Waals surface area contributed by atoms with Crippen LogP contribution < -0.4 is 10.9 Å². The third-order valence-electron chi connectivity index (χ3n) is 4.47. The number of rotatable bonds is 5. The fourth-order valence-electron chi connectivity index (χ4n) is 2.94. The SMILES string of the molecule is O=C(NCc1ccccc1)c1ccc(Cn2nnc3ccccc3c2=O)cc1. The summed E-state index contributed by atoms with van der Waals surface area (Å²) >= 11 is 0. The molecule has 28 heavy (non-hydrogen) atoms. The summed E-state index contributed by atoms with van der Waals surface area (Å²) in [4.78, 5) is 24.8. The van der Waals surface area contributed by atoms with E-state index < -0.39 is 0 Å². The summed E-state index contributed by atoms with van der Waals surface area (Å²) in [6.07, 6.45) is 0. The Labute approximate surface area is 161 Å². The monoisotopic (exact) mass is 370 g/mol. The van der Waals surface area contributed by atoms with E-state index in [1.54, 1.807) is 30.3 Å². The van der Waals surface area contributed by atoms with E-state index in [4.69, 9.17) is 0 Å². The predicted octanol–water partition coefficient (Wildman–Crippen LogP) is 2.77. The lowest BCUT2D eigenvalue weighted by Crippen LogP contribution is -2.25. The molecule has 0 spiro atoms. The summed E-state index contributed by atoms with van der Waals surface area (Å²) in [6, 6.07) is 24.0. The van der Waals surface area contributed by atoms with Gasteiger partial charge in [-0.3, -0.25) is 9.59 Å². The summed E-state index contributed by atoms with van der Waals surface area (Å²) in [5, 5.41) is 11.5. The van der Waals surface area contributed by atoms with Gasteiger partial charge >= 0.3 is 0 Å². The second kappa shape index (κ2) is 7.84. The molecule has 0 unspecified atom stereocenters. The zero-order chi connectivity index (χ0) is 19.3. The van der Waals surface area contributed by atoms with Gasteiger partial charge in [0.1, 0.15) is 5.52 Å². The smallest absolute Gasteiger partial charge is 0.277 e. The van der Waals surface area contributed by atoms with Crippen LogP contribution in [0.2, 0.25) is 0 Å². The van der Waals surface area contributed by atoms with Crippen LogP contribution in [0.15, 0.2) is 83.7 Å². The van der Waals surface area contributed by atoms with Crippen LogP contribution in [0.3, 0.4) is 0 Å². The Morgan fingerprint density at radius 1 is 0.857 bits per heavy atom. The highest BCUT2D eigenvalue weighted by Crippen LogP contribution is 2.08. The Kier molecular flexibility index (Phi) is 4.93. The zero-order valence-electron chi connectivity index (χ0n) is 15.1. The molecular formula is C22H18N4O2. The molecule has 0 aliphatic rings. The number of amides is 1. The minimum atomic E-state index is -0.185. The molecule has 6 nitrogen and oxygen atoms in total. The van der Waals surface area contributed by atoms with Crippen molar-refractivity contribution in [3.8, 4) is 0 Å². The average Bonchev–Trinajstić information content (AvgIpc) is 2.75. The van der Waals surface area contributed by atoms with Crippen LogP contribution in [-0.4, -0.2) is 20.9 Å². The second-order valence-corrected chi connectivity index (χ2v) is 6.43. The molecule has 0 bridgehead atoms. The lowest BCUT2D eigenvalue weighted by atomic mass is 10.1. The van der Waals surface area contributed by atoms with Crippen molar-refractivity contribution < 1.29 is 4.79 Å². The Morgan fingerprint density at radius 3 is 2.36 bits per heavy atom. The van der Waals surface area contributed by atoms with Crippen molar-refractivity contribution in [2.45, 2.75) is 13.1 Å². The molecule has 4 aromatic rings. The molecular weight excluding hydrogens is 352 g/mol. The van der Waals surface area contributed by atoms with Gasteiger partial charge in [-0.15, -0.1) is 5.10 Å². The van der Waals surface area contributed by atoms with Gasteiger partial charge in [-0.1, -0.05) is 59.8 Å². The van der Waals surface area contributed by atoms with Crippen molar-refractivity contribution >= 4 is 16.8 Å². The van der Waals surface area contributed by atoms with Crippen molar-refractivity contribution in [1.82, 2.24) is 20.3 Å². The van der Waals surface area contributed by atoms with Crippen LogP contribution in [0.25, 0.3) is 10.9 Å². The number of carbonyl (C=O) groups excluding carboxylic acids is 1. The fourth-order valence-corrected chi connectivity index (χ4v) is 2.94. The highest BCUT2D eigenvalue weighted by Gasteiger charge is 2.08. The first-order chi connectivity index (χ1) is 13.7. The van der Waals surface area contributed by atoms with Crippen molar-refractivity contribution in [1.29, 1.82) is 0 Å². The van der Waals surface area contributed by atoms with E-state index >= 15 is 0 Å². The first-order valence-electron chi connectivity index (χ1n) is 8.94. The third kappa shape index (κ3) is 3.81. The molecule has 0 saturated heterocycles. The molecule has 0 atom stereocenters. The van der Waals surface area contributed by atoms with Crippen molar-refractivity contribution in [2.75, 3.05) is 0 Å². The predicted molar refractivity (Wildman–Crippen MR) is 107 cm³/mol. The van der Waals surface area contributed by atoms with Gasteiger partial charge in [0.2, 0.25) is 0 Å². The molecule has 6 heteroatoms. The van der Waals surface area contributed by atoms with Crippen molar-refractivity contribution in [3.05, 3.63) is 106 Å². The summed E-state index contributed by atoms with van der Waals surface area (Å²) in [5.74, 6) is -0.141. The Balaban J connectivity index is 1.45. The van der Waals surface area contributed by atoms with Gasteiger partial charge in [-0.2, -0.15) is 0 Å². The lowest BCUT2D eigenvalue weighted by Gasteiger charge is -2.08. The van der Waals surface area contributed by atoms with Gasteiger partial charge in [-0.25, -0.2) is 4.68 Å². The van der Waals surface area contributed by atoms with E-state index in [1.807, 2.05) is 48.5 Å². The van der Waals surface area contributed by atoms with E-state index in [0.717, 1.165) is 11.1 Å². The molecule has 1 N–H and O–H groups in total. The van der Waals surface area contributed by atoms with Gasteiger partial charge < -0.3 is 5.32 Å². The summed E-state index contributed by atoms with van der Waals surface area (Å²) in [5.41, 5.74) is 2.87. The van der Waals surface area contributed by atoms with Crippen molar-refractivity contribution in [3.63, 3.8) is 0 Å². The van der Waals surface area contributed by atoms with E-state index in [-0.39, 0.29) is 11.5 Å². The summed E-state index contributed by atoms with van der Waals surface area (Å²) in [6.45, 7) is 0.770. The number of fused-ring (bicyclic) bond motifs is 1. The molecule has 4 rings (SSSR count). The largest absolute Gasteiger partial charge is 0.348 e. The van der Waals surface area contributed by atoms with E-state index in [0.29, 0.717) is 29.6 Å². The maximum atomic E-state index is 12.5. The fraction of sp³-hybridized carbons (Fsp3) is 0.0909. The van der Waals surface area contributed by atoms with Crippen LogP contribution in [-0.2, 0) is 13.1 Å². The lowest BCUT2D eigenvalue weighted by molar-refractivity contribution is 0.0951. The highest BCUT2D eigenvalue weighted by molar-refractivity contribution is 5.94. The van der Waals surface area contributed by atoms with Gasteiger partial charge in [-0.05, 0) is 35.4 Å². The van der Waals surface area contributed by atoms with Gasteiger partial charge in [0.05, 0.1) is 11.9 Å². The highest BCUT2D eigenvalue weighted by atomic mass is 16.1. The summed E-state index contributed by atoms with van der Waals surface area (Å²) in [7, 11) is 0. The molecule has 1 amide bonds. The van der Waals surface area contributed by atoms with Gasteiger partial charge in [0.15, 0.2) is 0 Å². The number of carbonyl (C=O) groups is 1. The molecule has 138 valence electrons. The van der Waals surface area contributed by atoms with Gasteiger partial charge in [0.25, 0.3) is 11.5 Å². The molecule has 0 aliphatic heterocycles.